The fourth-order valence-corrected chi connectivity index (χ4v) is 3.67. The quantitative estimate of drug-likeness (QED) is 0.825. The molecule has 0 radical (unpaired) electrons. The smallest absolute Gasteiger partial charge is 0.325 e. The van der Waals surface area contributed by atoms with Gasteiger partial charge in [-0.1, -0.05) is 31.4 Å². The van der Waals surface area contributed by atoms with Crippen LogP contribution in [0.4, 0.5) is 10.5 Å². The largest absolute Gasteiger partial charge is 0.326 e. The molecule has 1 aliphatic heterocycles. The van der Waals surface area contributed by atoms with Crippen LogP contribution in [0.5, 0.6) is 0 Å². The van der Waals surface area contributed by atoms with Gasteiger partial charge < -0.3 is 10.6 Å². The predicted molar refractivity (Wildman–Crippen MR) is 95.2 cm³/mol. The van der Waals surface area contributed by atoms with Gasteiger partial charge in [0.05, 0.1) is 0 Å². The van der Waals surface area contributed by atoms with E-state index < -0.39 is 5.54 Å². The van der Waals surface area contributed by atoms with E-state index >= 15 is 0 Å². The minimum atomic E-state index is -0.723. The van der Waals surface area contributed by atoms with Gasteiger partial charge in [-0.25, -0.2) is 4.79 Å². The number of urea groups is 1. The summed E-state index contributed by atoms with van der Waals surface area (Å²) in [7, 11) is 0. The second kappa shape index (κ2) is 6.86. The summed E-state index contributed by atoms with van der Waals surface area (Å²) in [6, 6.07) is 5.49. The third-order valence-electron chi connectivity index (χ3n) is 5.18. The highest BCUT2D eigenvalue weighted by Gasteiger charge is 2.50. The molecule has 1 heterocycles. The lowest BCUT2D eigenvalue weighted by Crippen LogP contribution is -2.48. The molecular weight excluding hydrogens is 318 g/mol. The average molecular weight is 343 g/mol. The van der Waals surface area contributed by atoms with Crippen molar-refractivity contribution >= 4 is 23.5 Å². The summed E-state index contributed by atoms with van der Waals surface area (Å²) in [5.41, 5.74) is 2.09. The van der Waals surface area contributed by atoms with Crippen molar-refractivity contribution in [1.29, 1.82) is 0 Å². The molecule has 6 heteroatoms. The van der Waals surface area contributed by atoms with Crippen molar-refractivity contribution in [2.75, 3.05) is 11.9 Å². The SMILES string of the molecule is Cc1ccc(C)c(NC(=O)CCN2C(=O)NC3(CCCCC3)C2=O)c1. The van der Waals surface area contributed by atoms with Crippen molar-refractivity contribution < 1.29 is 14.4 Å². The Morgan fingerprint density at radius 3 is 2.64 bits per heavy atom. The van der Waals surface area contributed by atoms with Gasteiger partial charge in [-0.15, -0.1) is 0 Å². The second-order valence-electron chi connectivity index (χ2n) is 7.15. The summed E-state index contributed by atoms with van der Waals surface area (Å²) >= 11 is 0. The van der Waals surface area contributed by atoms with Gasteiger partial charge in [0.2, 0.25) is 5.91 Å². The molecule has 1 aromatic rings. The predicted octanol–water partition coefficient (Wildman–Crippen LogP) is 2.89. The molecule has 6 nitrogen and oxygen atoms in total. The van der Waals surface area contributed by atoms with Crippen LogP contribution in [0.1, 0.15) is 49.7 Å². The lowest BCUT2D eigenvalue weighted by Gasteiger charge is -2.30. The van der Waals surface area contributed by atoms with Gasteiger partial charge in [0.25, 0.3) is 5.91 Å². The standard InChI is InChI=1S/C19H25N3O3/c1-13-6-7-14(2)15(12-13)20-16(23)8-11-22-17(24)19(21-18(22)25)9-4-3-5-10-19/h6-7,12H,3-5,8-11H2,1-2H3,(H,20,23)(H,21,25). The van der Waals surface area contributed by atoms with Crippen LogP contribution in [0.2, 0.25) is 0 Å². The number of nitrogens with one attached hydrogen (secondary N) is 2. The molecule has 0 bridgehead atoms. The van der Waals surface area contributed by atoms with Crippen LogP contribution >= 0.6 is 0 Å². The molecule has 0 unspecified atom stereocenters. The van der Waals surface area contributed by atoms with Gasteiger partial charge in [0, 0.05) is 18.7 Å². The maximum Gasteiger partial charge on any atom is 0.325 e. The van der Waals surface area contributed by atoms with Crippen LogP contribution in [0.25, 0.3) is 0 Å². The fraction of sp³-hybridized carbons (Fsp3) is 0.526. The van der Waals surface area contributed by atoms with Crippen molar-refractivity contribution in [1.82, 2.24) is 10.2 Å². The van der Waals surface area contributed by atoms with Crippen LogP contribution in [0, 0.1) is 13.8 Å². The Morgan fingerprint density at radius 2 is 1.92 bits per heavy atom. The van der Waals surface area contributed by atoms with Crippen LogP contribution in [-0.2, 0) is 9.59 Å². The minimum Gasteiger partial charge on any atom is -0.326 e. The first-order valence-corrected chi connectivity index (χ1v) is 8.92. The van der Waals surface area contributed by atoms with E-state index in [0.717, 1.165) is 36.1 Å². The molecule has 1 saturated heterocycles. The first kappa shape index (κ1) is 17.5. The zero-order chi connectivity index (χ0) is 18.0. The lowest BCUT2D eigenvalue weighted by atomic mass is 9.82. The van der Waals surface area contributed by atoms with Gasteiger partial charge in [0.15, 0.2) is 0 Å². The summed E-state index contributed by atoms with van der Waals surface area (Å²) in [6.45, 7) is 4.01. The molecule has 2 N–H and O–H groups in total. The van der Waals surface area contributed by atoms with E-state index in [1.807, 2.05) is 32.0 Å². The van der Waals surface area contributed by atoms with Gasteiger partial charge in [-0.05, 0) is 43.9 Å². The summed E-state index contributed by atoms with van der Waals surface area (Å²) in [5.74, 6) is -0.365. The topological polar surface area (TPSA) is 78.5 Å². The number of nitrogens with zero attached hydrogens (tertiary/aromatic N) is 1. The number of imide groups is 1. The zero-order valence-electron chi connectivity index (χ0n) is 14.9. The molecule has 0 aromatic heterocycles. The number of rotatable bonds is 4. The average Bonchev–Trinajstić information content (AvgIpc) is 2.80. The Bertz CT molecular complexity index is 708. The summed E-state index contributed by atoms with van der Waals surface area (Å²) < 4.78 is 0. The highest BCUT2D eigenvalue weighted by atomic mass is 16.2. The van der Waals surface area contributed by atoms with E-state index in [1.165, 1.54) is 4.90 Å². The van der Waals surface area contributed by atoms with Gasteiger partial charge in [-0.2, -0.15) is 0 Å². The number of benzene rings is 1. The van der Waals surface area contributed by atoms with Crippen molar-refractivity contribution in [3.05, 3.63) is 29.3 Å². The maximum absolute atomic E-state index is 12.7. The molecule has 2 aliphatic rings. The highest BCUT2D eigenvalue weighted by molar-refractivity contribution is 6.07. The van der Waals surface area contributed by atoms with Gasteiger partial charge in [-0.3, -0.25) is 14.5 Å². The number of carbonyl (C=O) groups excluding carboxylic acids is 3. The molecule has 25 heavy (non-hydrogen) atoms. The highest BCUT2D eigenvalue weighted by Crippen LogP contribution is 2.33. The monoisotopic (exact) mass is 343 g/mol. The molecule has 4 amide bonds. The molecule has 1 saturated carbocycles. The van der Waals surface area contributed by atoms with E-state index in [-0.39, 0.29) is 30.8 Å². The molecule has 1 spiro atoms. The van der Waals surface area contributed by atoms with E-state index in [2.05, 4.69) is 10.6 Å². The number of aryl methyl sites for hydroxylation is 2. The first-order valence-electron chi connectivity index (χ1n) is 8.92. The fourth-order valence-electron chi connectivity index (χ4n) is 3.67. The van der Waals surface area contributed by atoms with Crippen LogP contribution in [-0.4, -0.2) is 34.8 Å². The first-order chi connectivity index (χ1) is 11.9. The van der Waals surface area contributed by atoms with E-state index in [4.69, 9.17) is 0 Å². The Balaban J connectivity index is 1.59. The normalized spacial score (nSPS) is 19.2. The molecular formula is C19H25N3O3. The number of amides is 4. The van der Waals surface area contributed by atoms with Crippen molar-refractivity contribution in [2.24, 2.45) is 0 Å². The Kier molecular flexibility index (Phi) is 4.79. The van der Waals surface area contributed by atoms with Crippen LogP contribution in [0.15, 0.2) is 18.2 Å². The number of hydrogen-bond acceptors (Lipinski definition) is 3. The van der Waals surface area contributed by atoms with Crippen molar-refractivity contribution in [3.8, 4) is 0 Å². The lowest BCUT2D eigenvalue weighted by molar-refractivity contribution is -0.132. The summed E-state index contributed by atoms with van der Waals surface area (Å²) in [4.78, 5) is 38.3. The van der Waals surface area contributed by atoms with E-state index in [1.54, 1.807) is 0 Å². The molecule has 134 valence electrons. The van der Waals surface area contributed by atoms with Crippen molar-refractivity contribution in [3.63, 3.8) is 0 Å². The van der Waals surface area contributed by atoms with Crippen LogP contribution < -0.4 is 10.6 Å². The second-order valence-corrected chi connectivity index (χ2v) is 7.15. The van der Waals surface area contributed by atoms with Gasteiger partial charge in [0.1, 0.15) is 5.54 Å². The number of hydrogen-bond donors (Lipinski definition) is 2. The van der Waals surface area contributed by atoms with E-state index in [9.17, 15) is 14.4 Å². The molecule has 0 atom stereocenters. The van der Waals surface area contributed by atoms with E-state index in [0.29, 0.717) is 12.8 Å². The summed E-state index contributed by atoms with van der Waals surface area (Å²) in [6.07, 6.45) is 4.50. The maximum atomic E-state index is 12.7. The number of carbonyl (C=O) groups is 3. The third kappa shape index (κ3) is 3.52. The molecule has 2 fully saturated rings. The molecule has 1 aromatic carbocycles. The molecule has 1 aliphatic carbocycles. The summed E-state index contributed by atoms with van der Waals surface area (Å²) in [5, 5.41) is 5.73. The zero-order valence-corrected chi connectivity index (χ0v) is 14.9. The third-order valence-corrected chi connectivity index (χ3v) is 5.18. The Morgan fingerprint density at radius 1 is 1.20 bits per heavy atom. The molecule has 3 rings (SSSR count). The van der Waals surface area contributed by atoms with Gasteiger partial charge >= 0.3 is 6.03 Å². The van der Waals surface area contributed by atoms with Crippen molar-refractivity contribution in [2.45, 2.75) is 57.9 Å². The number of anilines is 1. The minimum absolute atomic E-state index is 0.0998. The Labute approximate surface area is 148 Å². The van der Waals surface area contributed by atoms with Crippen LogP contribution in [0.3, 0.4) is 0 Å². The Hall–Kier alpha value is -2.37.